The van der Waals surface area contributed by atoms with E-state index in [0.29, 0.717) is 5.56 Å². The lowest BCUT2D eigenvalue weighted by Gasteiger charge is -2.34. The number of nitrogens with zero attached hydrogens (tertiary/aromatic N) is 5. The van der Waals surface area contributed by atoms with E-state index in [1.54, 1.807) is 0 Å². The van der Waals surface area contributed by atoms with E-state index in [0.717, 1.165) is 86.2 Å². The molecule has 8 nitrogen and oxygen atoms in total. The zero-order valence-electron chi connectivity index (χ0n) is 22.7. The molecule has 0 spiro atoms. The molecule has 3 aromatic rings. The van der Waals surface area contributed by atoms with Gasteiger partial charge in [-0.25, -0.2) is 9.78 Å². The van der Waals surface area contributed by atoms with Crippen LogP contribution in [0.3, 0.4) is 0 Å². The Hall–Kier alpha value is -2.94. The summed E-state index contributed by atoms with van der Waals surface area (Å²) >= 11 is 0. The van der Waals surface area contributed by atoms with Crippen LogP contribution in [0.1, 0.15) is 48.4 Å². The molecule has 5 heterocycles. The molecule has 0 aliphatic carbocycles. The van der Waals surface area contributed by atoms with Crippen molar-refractivity contribution in [2.24, 2.45) is 0 Å². The predicted octanol–water partition coefficient (Wildman–Crippen LogP) is 4.02. The van der Waals surface area contributed by atoms with Gasteiger partial charge in [-0.3, -0.25) is 4.90 Å². The summed E-state index contributed by atoms with van der Waals surface area (Å²) in [6.45, 7) is 15.3. The molecule has 2 aliphatic heterocycles. The predicted molar refractivity (Wildman–Crippen MR) is 146 cm³/mol. The molecule has 1 unspecified atom stereocenters. The molecule has 2 saturated heterocycles. The number of piperazine rings is 1. The van der Waals surface area contributed by atoms with Crippen LogP contribution in [0, 0.1) is 6.92 Å². The molecule has 0 saturated carbocycles. The summed E-state index contributed by atoms with van der Waals surface area (Å²) in [4.78, 5) is 25.0. The molecule has 3 aromatic heterocycles. The molecule has 5 rings (SSSR count). The van der Waals surface area contributed by atoms with Gasteiger partial charge in [0.25, 0.3) is 0 Å². The maximum absolute atomic E-state index is 13.1. The first kappa shape index (κ1) is 25.7. The van der Waals surface area contributed by atoms with Crippen LogP contribution in [0.5, 0.6) is 0 Å². The number of pyridine rings is 2. The van der Waals surface area contributed by atoms with Gasteiger partial charge in [0.05, 0.1) is 24.9 Å². The van der Waals surface area contributed by atoms with Gasteiger partial charge < -0.3 is 23.7 Å². The number of esters is 1. The molecule has 2 fully saturated rings. The minimum absolute atomic E-state index is 0.121. The van der Waals surface area contributed by atoms with Crippen LogP contribution in [0.15, 0.2) is 36.7 Å². The topological polar surface area (TPSA) is 62.5 Å². The minimum Gasteiger partial charge on any atom is -0.459 e. The van der Waals surface area contributed by atoms with Crippen LogP contribution in [-0.2, 0) is 9.47 Å². The lowest BCUT2D eigenvalue weighted by molar-refractivity contribution is 0.0186. The summed E-state index contributed by atoms with van der Waals surface area (Å²) in [6, 6.07) is 8.51. The second kappa shape index (κ2) is 10.8. The number of rotatable bonds is 6. The second-order valence-corrected chi connectivity index (χ2v) is 10.6. The highest BCUT2D eigenvalue weighted by Crippen LogP contribution is 2.32. The Balaban J connectivity index is 1.53. The van der Waals surface area contributed by atoms with Gasteiger partial charge in [0.1, 0.15) is 5.82 Å². The van der Waals surface area contributed by atoms with Crippen LogP contribution < -0.4 is 4.90 Å². The maximum Gasteiger partial charge on any atom is 0.338 e. The first-order chi connectivity index (χ1) is 17.8. The normalized spacial score (nSPS) is 18.5. The van der Waals surface area contributed by atoms with E-state index in [2.05, 4.69) is 57.5 Å². The Labute approximate surface area is 219 Å². The van der Waals surface area contributed by atoms with Crippen molar-refractivity contribution >= 4 is 17.3 Å². The third kappa shape index (κ3) is 5.37. The Bertz CT molecular complexity index is 1240. The van der Waals surface area contributed by atoms with E-state index in [-0.39, 0.29) is 18.1 Å². The van der Waals surface area contributed by atoms with Crippen LogP contribution in [0.25, 0.3) is 16.6 Å². The van der Waals surface area contributed by atoms with Crippen molar-refractivity contribution in [3.05, 3.63) is 53.5 Å². The molecule has 37 heavy (non-hydrogen) atoms. The molecule has 0 amide bonds. The lowest BCUT2D eigenvalue weighted by atomic mass is 10.0. The van der Waals surface area contributed by atoms with Crippen molar-refractivity contribution in [3.63, 3.8) is 0 Å². The molecular formula is C29H39N5O3. The van der Waals surface area contributed by atoms with Gasteiger partial charge in [0, 0.05) is 80.0 Å². The average Bonchev–Trinajstić information content (AvgIpc) is 3.32. The summed E-state index contributed by atoms with van der Waals surface area (Å²) in [6.07, 6.45) is 3.97. The molecule has 198 valence electrons. The van der Waals surface area contributed by atoms with Gasteiger partial charge in [0.2, 0.25) is 0 Å². The van der Waals surface area contributed by atoms with Gasteiger partial charge in [-0.15, -0.1) is 0 Å². The molecular weight excluding hydrogens is 466 g/mol. The summed E-state index contributed by atoms with van der Waals surface area (Å²) in [5, 5.41) is 0. The standard InChI is InChI=1S/C29H39N5O3/c1-20(2)37-29(35)26-17-25-16-24(23-6-7-27(30-18-23)33-10-8-31(5)9-11-33)19-34(25)28(21(26)3)22(4)32-12-14-36-15-13-32/h6-7,16-20,22H,8-15H2,1-5H3. The fourth-order valence-electron chi connectivity index (χ4n) is 5.45. The number of ether oxygens (including phenoxy) is 2. The highest BCUT2D eigenvalue weighted by atomic mass is 16.5. The van der Waals surface area contributed by atoms with Gasteiger partial charge >= 0.3 is 5.97 Å². The number of fused-ring (bicyclic) bond motifs is 1. The van der Waals surface area contributed by atoms with E-state index in [9.17, 15) is 4.79 Å². The molecule has 0 aromatic carbocycles. The number of hydrogen-bond acceptors (Lipinski definition) is 7. The quantitative estimate of drug-likeness (QED) is 0.469. The van der Waals surface area contributed by atoms with Crippen LogP contribution >= 0.6 is 0 Å². The number of anilines is 1. The molecule has 0 bridgehead atoms. The number of morpholine rings is 1. The van der Waals surface area contributed by atoms with Gasteiger partial charge in [-0.2, -0.15) is 0 Å². The smallest absolute Gasteiger partial charge is 0.338 e. The summed E-state index contributed by atoms with van der Waals surface area (Å²) in [5.74, 6) is 0.753. The van der Waals surface area contributed by atoms with Crippen LogP contribution in [-0.4, -0.2) is 90.8 Å². The van der Waals surface area contributed by atoms with E-state index in [1.165, 1.54) is 0 Å². The van der Waals surface area contributed by atoms with Crippen molar-refractivity contribution in [1.82, 2.24) is 19.2 Å². The largest absolute Gasteiger partial charge is 0.459 e. The summed E-state index contributed by atoms with van der Waals surface area (Å²) in [7, 11) is 2.16. The first-order valence-corrected chi connectivity index (χ1v) is 13.4. The van der Waals surface area contributed by atoms with Crippen LogP contribution in [0.4, 0.5) is 5.82 Å². The fourth-order valence-corrected chi connectivity index (χ4v) is 5.45. The van der Waals surface area contributed by atoms with E-state index in [1.807, 2.05) is 33.0 Å². The molecule has 1 atom stereocenters. The third-order valence-electron chi connectivity index (χ3n) is 7.65. The van der Waals surface area contributed by atoms with Crippen molar-refractivity contribution in [2.75, 3.05) is 64.4 Å². The number of likely N-dealkylation sites (N-methyl/N-ethyl adjacent to an activating group) is 1. The van der Waals surface area contributed by atoms with Crippen molar-refractivity contribution in [1.29, 1.82) is 0 Å². The van der Waals surface area contributed by atoms with Gasteiger partial charge in [0.15, 0.2) is 0 Å². The first-order valence-electron chi connectivity index (χ1n) is 13.4. The SMILES string of the molecule is Cc1c(C(=O)OC(C)C)cc2cc(-c3ccc(N4CCN(C)CC4)nc3)cn2c1C(C)N1CCOCC1. The Morgan fingerprint density at radius 2 is 1.73 bits per heavy atom. The number of carbonyl (C=O) groups excluding carboxylic acids is 1. The average molecular weight is 506 g/mol. The number of aromatic nitrogens is 2. The van der Waals surface area contributed by atoms with Crippen LogP contribution in [0.2, 0.25) is 0 Å². The van der Waals surface area contributed by atoms with E-state index in [4.69, 9.17) is 14.5 Å². The highest BCUT2D eigenvalue weighted by Gasteiger charge is 2.26. The summed E-state index contributed by atoms with van der Waals surface area (Å²) in [5.41, 5.74) is 5.84. The van der Waals surface area contributed by atoms with Gasteiger partial charge in [-0.05, 0) is 64.6 Å². The minimum atomic E-state index is -0.272. The monoisotopic (exact) mass is 505 g/mol. The number of carbonyl (C=O) groups is 1. The van der Waals surface area contributed by atoms with E-state index < -0.39 is 0 Å². The van der Waals surface area contributed by atoms with Crippen molar-refractivity contribution < 1.29 is 14.3 Å². The fraction of sp³-hybridized carbons (Fsp3) is 0.517. The Kier molecular flexibility index (Phi) is 7.51. The zero-order valence-corrected chi connectivity index (χ0v) is 22.7. The van der Waals surface area contributed by atoms with Crippen molar-refractivity contribution in [2.45, 2.75) is 39.8 Å². The third-order valence-corrected chi connectivity index (χ3v) is 7.65. The Morgan fingerprint density at radius 1 is 1.00 bits per heavy atom. The lowest BCUT2D eigenvalue weighted by Crippen LogP contribution is -2.44. The second-order valence-electron chi connectivity index (χ2n) is 10.6. The molecule has 0 radical (unpaired) electrons. The maximum atomic E-state index is 13.1. The van der Waals surface area contributed by atoms with E-state index >= 15 is 0 Å². The number of hydrogen-bond donors (Lipinski definition) is 0. The highest BCUT2D eigenvalue weighted by molar-refractivity contribution is 5.93. The Morgan fingerprint density at radius 3 is 2.38 bits per heavy atom. The van der Waals surface area contributed by atoms with Crippen molar-refractivity contribution in [3.8, 4) is 11.1 Å². The zero-order chi connectivity index (χ0) is 26.1. The van der Waals surface area contributed by atoms with Gasteiger partial charge in [-0.1, -0.05) is 0 Å². The summed E-state index contributed by atoms with van der Waals surface area (Å²) < 4.78 is 13.5. The molecule has 8 heteroatoms. The molecule has 0 N–H and O–H groups in total. The molecule has 2 aliphatic rings.